The summed E-state index contributed by atoms with van der Waals surface area (Å²) in [6.07, 6.45) is -0.467. The normalized spacial score (nSPS) is 12.5. The topological polar surface area (TPSA) is 46.0 Å². The molecule has 0 fully saturated rings. The molecule has 1 heterocycles. The third-order valence-corrected chi connectivity index (χ3v) is 5.11. The smallest absolute Gasteiger partial charge is 0.192 e. The first-order valence-corrected chi connectivity index (χ1v) is 7.96. The fourth-order valence-corrected chi connectivity index (χ4v) is 3.24. The number of benzene rings is 1. The molecule has 0 radical (unpaired) electrons. The zero-order valence-electron chi connectivity index (χ0n) is 11.9. The second-order valence-corrected chi connectivity index (χ2v) is 6.63. The molecule has 106 valence electrons. The minimum atomic E-state index is -0.467. The third-order valence-electron chi connectivity index (χ3n) is 3.25. The Morgan fingerprint density at radius 1 is 1.15 bits per heavy atom. The number of halogens is 1. The molecule has 1 aromatic heterocycles. The van der Waals surface area contributed by atoms with Crippen LogP contribution < -0.4 is 0 Å². The van der Waals surface area contributed by atoms with Crippen molar-refractivity contribution in [3.05, 3.63) is 45.2 Å². The van der Waals surface area contributed by atoms with E-state index in [0.29, 0.717) is 0 Å². The van der Waals surface area contributed by atoms with Gasteiger partial charge in [-0.05, 0) is 78.6 Å². The van der Waals surface area contributed by atoms with E-state index < -0.39 is 6.10 Å². The average molecular weight is 353 g/mol. The molecular formula is C15H17BrN2OS. The highest BCUT2D eigenvalue weighted by atomic mass is 79.9. The molecular weight excluding hydrogens is 336 g/mol. The van der Waals surface area contributed by atoms with Crippen molar-refractivity contribution in [1.82, 2.24) is 9.97 Å². The predicted molar refractivity (Wildman–Crippen MR) is 85.1 cm³/mol. The Morgan fingerprint density at radius 3 is 2.25 bits per heavy atom. The van der Waals surface area contributed by atoms with Gasteiger partial charge in [0.25, 0.3) is 0 Å². The van der Waals surface area contributed by atoms with Crippen LogP contribution in [0, 0.1) is 20.8 Å². The van der Waals surface area contributed by atoms with Crippen LogP contribution in [0.3, 0.4) is 0 Å². The summed E-state index contributed by atoms with van der Waals surface area (Å²) in [5.41, 5.74) is 4.05. The number of hydrogen-bond donors (Lipinski definition) is 1. The summed E-state index contributed by atoms with van der Waals surface area (Å²) in [5, 5.41) is 10.3. The molecule has 0 saturated heterocycles. The summed E-state index contributed by atoms with van der Waals surface area (Å²) in [7, 11) is 0. The highest BCUT2D eigenvalue weighted by molar-refractivity contribution is 9.10. The Balaban J connectivity index is 2.31. The van der Waals surface area contributed by atoms with E-state index in [1.165, 1.54) is 11.8 Å². The van der Waals surface area contributed by atoms with Crippen LogP contribution in [0.25, 0.3) is 0 Å². The van der Waals surface area contributed by atoms with Gasteiger partial charge < -0.3 is 5.11 Å². The van der Waals surface area contributed by atoms with E-state index in [0.717, 1.165) is 37.0 Å². The molecule has 0 aliphatic rings. The Kier molecular flexibility index (Phi) is 4.83. The predicted octanol–water partition coefficient (Wildman–Crippen LogP) is 4.37. The lowest BCUT2D eigenvalue weighted by Gasteiger charge is -2.10. The molecule has 0 aliphatic heterocycles. The molecule has 0 spiro atoms. The van der Waals surface area contributed by atoms with E-state index in [2.05, 4.69) is 25.9 Å². The van der Waals surface area contributed by atoms with Crippen molar-refractivity contribution in [2.45, 2.75) is 43.9 Å². The van der Waals surface area contributed by atoms with Crippen LogP contribution in [0.4, 0.5) is 0 Å². The van der Waals surface area contributed by atoms with Gasteiger partial charge in [0.2, 0.25) is 0 Å². The van der Waals surface area contributed by atoms with Gasteiger partial charge in [-0.15, -0.1) is 0 Å². The number of rotatable bonds is 3. The summed E-state index contributed by atoms with van der Waals surface area (Å²) in [4.78, 5) is 10.1. The van der Waals surface area contributed by atoms with Crippen LogP contribution in [0.2, 0.25) is 0 Å². The van der Waals surface area contributed by atoms with Crippen LogP contribution in [0.15, 0.2) is 32.7 Å². The molecule has 2 aromatic rings. The van der Waals surface area contributed by atoms with Gasteiger partial charge in [0.15, 0.2) is 5.16 Å². The molecule has 1 aromatic carbocycles. The number of aliphatic hydroxyl groups excluding tert-OH is 1. The van der Waals surface area contributed by atoms with Crippen LogP contribution in [0.1, 0.15) is 35.5 Å². The van der Waals surface area contributed by atoms with Gasteiger partial charge in [0, 0.05) is 20.8 Å². The number of nitrogens with zero attached hydrogens (tertiary/aromatic N) is 2. The first-order valence-electron chi connectivity index (χ1n) is 6.35. The van der Waals surface area contributed by atoms with Crippen LogP contribution in [-0.2, 0) is 0 Å². The largest absolute Gasteiger partial charge is 0.389 e. The first-order chi connectivity index (χ1) is 9.38. The maximum absolute atomic E-state index is 9.58. The molecule has 3 nitrogen and oxygen atoms in total. The summed E-state index contributed by atoms with van der Waals surface area (Å²) in [6.45, 7) is 7.79. The second-order valence-electron chi connectivity index (χ2n) is 4.77. The number of aromatic nitrogens is 2. The lowest BCUT2D eigenvalue weighted by molar-refractivity contribution is 0.199. The molecule has 1 atom stereocenters. The summed E-state index contributed by atoms with van der Waals surface area (Å²) in [6, 6.07) is 5.83. The van der Waals surface area contributed by atoms with E-state index >= 15 is 0 Å². The quantitative estimate of drug-likeness (QED) is 0.833. The van der Waals surface area contributed by atoms with Gasteiger partial charge in [0.1, 0.15) is 0 Å². The Labute approximate surface area is 132 Å². The highest BCUT2D eigenvalue weighted by Crippen LogP contribution is 2.33. The summed E-state index contributed by atoms with van der Waals surface area (Å²) >= 11 is 5.06. The molecule has 1 N–H and O–H groups in total. The molecule has 20 heavy (non-hydrogen) atoms. The Morgan fingerprint density at radius 2 is 1.75 bits per heavy atom. The van der Waals surface area contributed by atoms with Gasteiger partial charge in [-0.3, -0.25) is 0 Å². The van der Waals surface area contributed by atoms with Crippen molar-refractivity contribution in [2.75, 3.05) is 0 Å². The van der Waals surface area contributed by atoms with Crippen molar-refractivity contribution < 1.29 is 5.11 Å². The van der Waals surface area contributed by atoms with E-state index in [9.17, 15) is 5.11 Å². The lowest BCUT2D eigenvalue weighted by Crippen LogP contribution is -1.98. The Hall–Kier alpha value is -0.910. The number of aryl methyl sites for hydroxylation is 2. The molecule has 0 aliphatic carbocycles. The van der Waals surface area contributed by atoms with Crippen molar-refractivity contribution in [3.8, 4) is 0 Å². The van der Waals surface area contributed by atoms with E-state index in [-0.39, 0.29) is 0 Å². The zero-order chi connectivity index (χ0) is 14.9. The first kappa shape index (κ1) is 15.5. The van der Waals surface area contributed by atoms with Crippen molar-refractivity contribution >= 4 is 27.7 Å². The second kappa shape index (κ2) is 6.24. The zero-order valence-corrected chi connectivity index (χ0v) is 14.3. The monoisotopic (exact) mass is 352 g/mol. The van der Waals surface area contributed by atoms with E-state index in [1.807, 2.05) is 39.0 Å². The Bertz CT molecular complexity index is 621. The lowest BCUT2D eigenvalue weighted by atomic mass is 10.1. The molecule has 0 bridgehead atoms. The van der Waals surface area contributed by atoms with Crippen molar-refractivity contribution in [1.29, 1.82) is 0 Å². The van der Waals surface area contributed by atoms with E-state index in [4.69, 9.17) is 0 Å². The van der Waals surface area contributed by atoms with Crippen LogP contribution in [-0.4, -0.2) is 15.1 Å². The molecule has 2 rings (SSSR count). The fraction of sp³-hybridized carbons (Fsp3) is 0.333. The minimum absolute atomic E-state index is 0.467. The maximum Gasteiger partial charge on any atom is 0.192 e. The average Bonchev–Trinajstić information content (AvgIpc) is 2.38. The number of hydrogen-bond acceptors (Lipinski definition) is 4. The SMILES string of the molecule is Cc1nc(Sc2ccc([C@H](C)O)cc2Br)nc(C)c1C. The molecule has 0 saturated carbocycles. The molecule has 0 amide bonds. The standard InChI is InChI=1S/C15H17BrN2OS/c1-8-9(2)17-15(18-10(8)3)20-14-6-5-12(11(4)19)7-13(14)16/h5-7,11,19H,1-4H3/t11-/m0/s1. The maximum atomic E-state index is 9.58. The van der Waals surface area contributed by atoms with Gasteiger partial charge in [-0.25, -0.2) is 9.97 Å². The molecule has 0 unspecified atom stereocenters. The van der Waals surface area contributed by atoms with Crippen molar-refractivity contribution in [3.63, 3.8) is 0 Å². The van der Waals surface area contributed by atoms with Gasteiger partial charge in [0.05, 0.1) is 6.10 Å². The fourth-order valence-electron chi connectivity index (χ4n) is 1.75. The van der Waals surface area contributed by atoms with E-state index in [1.54, 1.807) is 6.92 Å². The summed E-state index contributed by atoms with van der Waals surface area (Å²) < 4.78 is 0.945. The summed E-state index contributed by atoms with van der Waals surface area (Å²) in [5.74, 6) is 0. The van der Waals surface area contributed by atoms with Gasteiger partial charge in [-0.1, -0.05) is 6.07 Å². The highest BCUT2D eigenvalue weighted by Gasteiger charge is 2.10. The van der Waals surface area contributed by atoms with Gasteiger partial charge >= 0.3 is 0 Å². The van der Waals surface area contributed by atoms with Gasteiger partial charge in [-0.2, -0.15) is 0 Å². The van der Waals surface area contributed by atoms with Crippen molar-refractivity contribution in [2.24, 2.45) is 0 Å². The van der Waals surface area contributed by atoms with Crippen LogP contribution >= 0.6 is 27.7 Å². The molecule has 5 heteroatoms. The minimum Gasteiger partial charge on any atom is -0.389 e. The number of aliphatic hydroxyl groups is 1. The third kappa shape index (κ3) is 3.40. The van der Waals surface area contributed by atoms with Crippen LogP contribution in [0.5, 0.6) is 0 Å².